The molecule has 2 heteroatoms. The Morgan fingerprint density at radius 1 is 0.714 bits per heavy atom. The summed E-state index contributed by atoms with van der Waals surface area (Å²) in [5.74, 6) is 0.943. The van der Waals surface area contributed by atoms with E-state index in [2.05, 4.69) is 61.5 Å². The van der Waals surface area contributed by atoms with Crippen LogP contribution in [0.5, 0.6) is 5.75 Å². The molecule has 0 aliphatic rings. The smallest absolute Gasteiger partial charge is 0.119 e. The number of unbranched alkanes of at least 4 members (excludes halogenated alkanes) is 2. The topological polar surface area (TPSA) is 33.0 Å². The number of aryl methyl sites for hydroxylation is 2. The van der Waals surface area contributed by atoms with Crippen molar-refractivity contribution in [3.63, 3.8) is 0 Å². The van der Waals surface area contributed by atoms with Gasteiger partial charge >= 0.3 is 0 Å². The van der Waals surface area contributed by atoms with Gasteiger partial charge in [-0.1, -0.05) is 68.3 Å². The van der Waals surface area contributed by atoms with Crippen LogP contribution >= 0.6 is 0 Å². The standard InChI is InChI=1S/C26H27NO/c1-2-3-4-19-28-26-17-15-25(16-18-26)24-13-11-22(12-14-24)6-5-21-7-9-23(20-27)10-8-21/h7-18H,2-6,19H2,1H3. The Hall–Kier alpha value is -3.05. The lowest BCUT2D eigenvalue weighted by Crippen LogP contribution is -1.96. The lowest BCUT2D eigenvalue weighted by Gasteiger charge is -2.08. The van der Waals surface area contributed by atoms with Crippen LogP contribution < -0.4 is 4.74 Å². The van der Waals surface area contributed by atoms with Crippen molar-refractivity contribution < 1.29 is 4.74 Å². The molecule has 0 bridgehead atoms. The fraction of sp³-hybridized carbons (Fsp3) is 0.269. The summed E-state index contributed by atoms with van der Waals surface area (Å²) >= 11 is 0. The maximum atomic E-state index is 8.87. The van der Waals surface area contributed by atoms with Gasteiger partial charge in [0.15, 0.2) is 0 Å². The Morgan fingerprint density at radius 2 is 1.25 bits per heavy atom. The van der Waals surface area contributed by atoms with Gasteiger partial charge in [-0.05, 0) is 65.8 Å². The van der Waals surface area contributed by atoms with Crippen molar-refractivity contribution in [2.45, 2.75) is 39.0 Å². The van der Waals surface area contributed by atoms with E-state index in [4.69, 9.17) is 10.00 Å². The van der Waals surface area contributed by atoms with Crippen molar-refractivity contribution >= 4 is 0 Å². The van der Waals surface area contributed by atoms with E-state index >= 15 is 0 Å². The molecule has 0 saturated heterocycles. The fourth-order valence-corrected chi connectivity index (χ4v) is 3.18. The SMILES string of the molecule is CCCCCOc1ccc(-c2ccc(CCc3ccc(C#N)cc3)cc2)cc1. The Morgan fingerprint density at radius 3 is 1.79 bits per heavy atom. The van der Waals surface area contributed by atoms with Crippen molar-refractivity contribution in [1.82, 2.24) is 0 Å². The molecular weight excluding hydrogens is 342 g/mol. The molecule has 0 amide bonds. The number of nitrogens with zero attached hydrogens (tertiary/aromatic N) is 1. The molecule has 0 aromatic heterocycles. The number of rotatable bonds is 9. The summed E-state index contributed by atoms with van der Waals surface area (Å²) in [6.07, 6.45) is 5.52. The van der Waals surface area contributed by atoms with Crippen LogP contribution in [-0.4, -0.2) is 6.61 Å². The second-order valence-electron chi connectivity index (χ2n) is 7.09. The molecule has 0 aliphatic heterocycles. The quantitative estimate of drug-likeness (QED) is 0.399. The molecule has 28 heavy (non-hydrogen) atoms. The van der Waals surface area contributed by atoms with Crippen molar-refractivity contribution in [3.05, 3.63) is 89.5 Å². The van der Waals surface area contributed by atoms with Gasteiger partial charge in [-0.2, -0.15) is 5.26 Å². The Balaban J connectivity index is 1.54. The first-order valence-corrected chi connectivity index (χ1v) is 10.1. The van der Waals surface area contributed by atoms with Crippen molar-refractivity contribution in [1.29, 1.82) is 5.26 Å². The third-order valence-electron chi connectivity index (χ3n) is 4.94. The molecule has 0 fully saturated rings. The van der Waals surface area contributed by atoms with Gasteiger partial charge in [0.2, 0.25) is 0 Å². The minimum Gasteiger partial charge on any atom is -0.494 e. The van der Waals surface area contributed by atoms with E-state index in [9.17, 15) is 0 Å². The third-order valence-corrected chi connectivity index (χ3v) is 4.94. The summed E-state index contributed by atoms with van der Waals surface area (Å²) in [6.45, 7) is 2.99. The van der Waals surface area contributed by atoms with Gasteiger partial charge in [0.25, 0.3) is 0 Å². The minimum atomic E-state index is 0.713. The van der Waals surface area contributed by atoms with Gasteiger partial charge in [-0.3, -0.25) is 0 Å². The van der Waals surface area contributed by atoms with Crippen LogP contribution in [0.25, 0.3) is 11.1 Å². The van der Waals surface area contributed by atoms with E-state index < -0.39 is 0 Å². The first kappa shape index (κ1) is 19.7. The maximum Gasteiger partial charge on any atom is 0.119 e. The highest BCUT2D eigenvalue weighted by atomic mass is 16.5. The molecule has 0 unspecified atom stereocenters. The van der Waals surface area contributed by atoms with Crippen LogP contribution in [0.2, 0.25) is 0 Å². The normalized spacial score (nSPS) is 10.4. The minimum absolute atomic E-state index is 0.713. The average Bonchev–Trinajstić information content (AvgIpc) is 2.76. The number of hydrogen-bond donors (Lipinski definition) is 0. The van der Waals surface area contributed by atoms with Gasteiger partial charge in [0.1, 0.15) is 5.75 Å². The summed E-state index contributed by atoms with van der Waals surface area (Å²) < 4.78 is 5.79. The monoisotopic (exact) mass is 369 g/mol. The summed E-state index contributed by atoms with van der Waals surface area (Å²) in [4.78, 5) is 0. The van der Waals surface area contributed by atoms with Crippen molar-refractivity contribution in [3.8, 4) is 22.9 Å². The first-order chi connectivity index (χ1) is 13.8. The summed E-state index contributed by atoms with van der Waals surface area (Å²) in [5, 5.41) is 8.87. The van der Waals surface area contributed by atoms with E-state index in [1.807, 2.05) is 24.3 Å². The second kappa shape index (κ2) is 10.3. The van der Waals surface area contributed by atoms with Crippen LogP contribution in [0.4, 0.5) is 0 Å². The summed E-state index contributed by atoms with van der Waals surface area (Å²) in [6, 6.07) is 27.1. The molecule has 0 saturated carbocycles. The van der Waals surface area contributed by atoms with Crippen LogP contribution in [-0.2, 0) is 12.8 Å². The molecule has 3 aromatic carbocycles. The highest BCUT2D eigenvalue weighted by molar-refractivity contribution is 5.64. The lowest BCUT2D eigenvalue weighted by molar-refractivity contribution is 0.306. The molecule has 0 spiro atoms. The predicted molar refractivity (Wildman–Crippen MR) is 115 cm³/mol. The van der Waals surface area contributed by atoms with E-state index in [0.29, 0.717) is 5.56 Å². The highest BCUT2D eigenvalue weighted by Crippen LogP contribution is 2.23. The Kier molecular flexibility index (Phi) is 7.27. The molecule has 0 heterocycles. The van der Waals surface area contributed by atoms with E-state index in [1.54, 1.807) is 0 Å². The van der Waals surface area contributed by atoms with Gasteiger partial charge in [0.05, 0.1) is 18.2 Å². The highest BCUT2D eigenvalue weighted by Gasteiger charge is 2.01. The summed E-state index contributed by atoms with van der Waals surface area (Å²) in [5.41, 5.74) is 5.73. The van der Waals surface area contributed by atoms with Gasteiger partial charge in [-0.15, -0.1) is 0 Å². The lowest BCUT2D eigenvalue weighted by atomic mass is 10.00. The maximum absolute atomic E-state index is 8.87. The molecule has 0 aliphatic carbocycles. The zero-order valence-electron chi connectivity index (χ0n) is 16.5. The Labute approximate surface area is 168 Å². The zero-order chi connectivity index (χ0) is 19.6. The van der Waals surface area contributed by atoms with E-state index in [0.717, 1.165) is 31.6 Å². The van der Waals surface area contributed by atoms with E-state index in [-0.39, 0.29) is 0 Å². The molecule has 2 nitrogen and oxygen atoms in total. The molecule has 0 N–H and O–H groups in total. The second-order valence-corrected chi connectivity index (χ2v) is 7.09. The zero-order valence-corrected chi connectivity index (χ0v) is 16.5. The van der Waals surface area contributed by atoms with Crippen LogP contribution in [0.15, 0.2) is 72.8 Å². The molecule has 0 atom stereocenters. The van der Waals surface area contributed by atoms with E-state index in [1.165, 1.54) is 35.1 Å². The molecular formula is C26H27NO. The average molecular weight is 370 g/mol. The Bertz CT molecular complexity index is 887. The molecule has 3 aromatic rings. The van der Waals surface area contributed by atoms with Crippen LogP contribution in [0.3, 0.4) is 0 Å². The molecule has 3 rings (SSSR count). The fourth-order valence-electron chi connectivity index (χ4n) is 3.18. The number of benzene rings is 3. The van der Waals surface area contributed by atoms with Crippen molar-refractivity contribution in [2.75, 3.05) is 6.61 Å². The van der Waals surface area contributed by atoms with Crippen LogP contribution in [0, 0.1) is 11.3 Å². The predicted octanol–water partition coefficient (Wildman–Crippen LogP) is 6.58. The molecule has 142 valence electrons. The number of hydrogen-bond acceptors (Lipinski definition) is 2. The number of nitriles is 1. The molecule has 0 radical (unpaired) electrons. The third kappa shape index (κ3) is 5.72. The van der Waals surface area contributed by atoms with Crippen LogP contribution in [0.1, 0.15) is 42.9 Å². The first-order valence-electron chi connectivity index (χ1n) is 10.1. The number of ether oxygens (including phenoxy) is 1. The van der Waals surface area contributed by atoms with Crippen molar-refractivity contribution in [2.24, 2.45) is 0 Å². The van der Waals surface area contributed by atoms with Gasteiger partial charge in [-0.25, -0.2) is 0 Å². The summed E-state index contributed by atoms with van der Waals surface area (Å²) in [7, 11) is 0. The van der Waals surface area contributed by atoms with Gasteiger partial charge < -0.3 is 4.74 Å². The van der Waals surface area contributed by atoms with Gasteiger partial charge in [0, 0.05) is 0 Å². The largest absolute Gasteiger partial charge is 0.494 e.